The first-order valence-corrected chi connectivity index (χ1v) is 8.31. The van der Waals surface area contributed by atoms with Crippen LogP contribution in [0.5, 0.6) is 0 Å². The Morgan fingerprint density at radius 1 is 1.24 bits per heavy atom. The lowest BCUT2D eigenvalue weighted by Crippen LogP contribution is -2.39. The van der Waals surface area contributed by atoms with E-state index < -0.39 is 12.9 Å². The van der Waals surface area contributed by atoms with Crippen LogP contribution in [0, 0.1) is 0 Å². The number of hydroxylamine groups is 2. The smallest absolute Gasteiger partial charge is 0.307 e. The number of rotatable bonds is 7. The van der Waals surface area contributed by atoms with Gasteiger partial charge in [0, 0.05) is 11.8 Å². The molecule has 1 rings (SSSR count). The van der Waals surface area contributed by atoms with E-state index in [1.807, 2.05) is 0 Å². The van der Waals surface area contributed by atoms with Crippen LogP contribution in [0.3, 0.4) is 0 Å². The van der Waals surface area contributed by atoms with Crippen LogP contribution in [-0.4, -0.2) is 34.5 Å². The number of carbonyl (C=O) groups excluding carboxylic acids is 1. The fourth-order valence-corrected chi connectivity index (χ4v) is 3.39. The van der Waals surface area contributed by atoms with Gasteiger partial charge in [0.2, 0.25) is 0 Å². The molecule has 118 valence electrons. The van der Waals surface area contributed by atoms with Crippen LogP contribution in [0.1, 0.15) is 27.7 Å². The van der Waals surface area contributed by atoms with Gasteiger partial charge in [0.1, 0.15) is 0 Å². The summed E-state index contributed by atoms with van der Waals surface area (Å²) in [5.74, 6) is -0.241. The zero-order valence-electron chi connectivity index (χ0n) is 12.8. The number of allylic oxidation sites excluding steroid dienone is 5. The quantitative estimate of drug-likeness (QED) is 0.441. The maximum absolute atomic E-state index is 12.8. The Morgan fingerprint density at radius 3 is 2.24 bits per heavy atom. The highest BCUT2D eigenvalue weighted by Crippen LogP contribution is 2.60. The molecule has 0 fully saturated rings. The minimum absolute atomic E-state index is 0.187. The standard InChI is InChI=1S/C14H22NO5P/c1-5-19-21(18,20-6-2)14(3,4)15(17)11-12-9-7-8-10-13(12)16/h7-11,17H,5-6H2,1-4H3/b12-11+. The molecule has 0 aromatic heterocycles. The van der Waals surface area contributed by atoms with Crippen molar-refractivity contribution in [2.24, 2.45) is 0 Å². The van der Waals surface area contributed by atoms with Gasteiger partial charge in [0.05, 0.1) is 13.2 Å². The molecule has 0 saturated heterocycles. The highest BCUT2D eigenvalue weighted by atomic mass is 31.2. The van der Waals surface area contributed by atoms with E-state index in [4.69, 9.17) is 9.05 Å². The number of carbonyl (C=O) groups is 1. The average Bonchev–Trinajstić information content (AvgIpc) is 2.41. The van der Waals surface area contributed by atoms with E-state index in [9.17, 15) is 14.6 Å². The van der Waals surface area contributed by atoms with Crippen LogP contribution in [0.25, 0.3) is 0 Å². The summed E-state index contributed by atoms with van der Waals surface area (Å²) in [6.07, 6.45) is 7.47. The Kier molecular flexibility index (Phi) is 6.10. The molecule has 7 heteroatoms. The van der Waals surface area contributed by atoms with Crippen LogP contribution >= 0.6 is 7.60 Å². The summed E-state index contributed by atoms with van der Waals surface area (Å²) >= 11 is 0. The van der Waals surface area contributed by atoms with Crippen molar-refractivity contribution in [1.82, 2.24) is 5.06 Å². The molecule has 0 amide bonds. The van der Waals surface area contributed by atoms with Gasteiger partial charge in [0.15, 0.2) is 11.1 Å². The van der Waals surface area contributed by atoms with Crippen LogP contribution in [-0.2, 0) is 18.4 Å². The summed E-state index contributed by atoms with van der Waals surface area (Å²) < 4.78 is 23.3. The molecule has 0 saturated carbocycles. The molecule has 1 aliphatic rings. The van der Waals surface area contributed by atoms with Gasteiger partial charge in [-0.25, -0.2) is 5.06 Å². The minimum atomic E-state index is -3.59. The lowest BCUT2D eigenvalue weighted by molar-refractivity contribution is -0.113. The van der Waals surface area contributed by atoms with Gasteiger partial charge in [-0.1, -0.05) is 12.2 Å². The Labute approximate surface area is 125 Å². The van der Waals surface area contributed by atoms with E-state index in [2.05, 4.69) is 0 Å². The lowest BCUT2D eigenvalue weighted by atomic mass is 10.1. The average molecular weight is 315 g/mol. The summed E-state index contributed by atoms with van der Waals surface area (Å²) in [4.78, 5) is 11.7. The lowest BCUT2D eigenvalue weighted by Gasteiger charge is -2.37. The third kappa shape index (κ3) is 3.92. The van der Waals surface area contributed by atoms with Gasteiger partial charge in [0.25, 0.3) is 0 Å². The predicted molar refractivity (Wildman–Crippen MR) is 79.9 cm³/mol. The van der Waals surface area contributed by atoms with Gasteiger partial charge in [-0.2, -0.15) is 0 Å². The number of ketones is 1. The zero-order valence-corrected chi connectivity index (χ0v) is 13.7. The van der Waals surface area contributed by atoms with Crippen LogP contribution < -0.4 is 0 Å². The van der Waals surface area contributed by atoms with Crippen LogP contribution in [0.15, 0.2) is 36.1 Å². The van der Waals surface area contributed by atoms with Gasteiger partial charge >= 0.3 is 7.60 Å². The molecule has 0 aliphatic heterocycles. The molecule has 1 N–H and O–H groups in total. The largest absolute Gasteiger partial charge is 0.357 e. The molecule has 1 aliphatic carbocycles. The Bertz CT molecular complexity index is 511. The van der Waals surface area contributed by atoms with E-state index >= 15 is 0 Å². The summed E-state index contributed by atoms with van der Waals surface area (Å²) in [5.41, 5.74) is 0.285. The Balaban J connectivity index is 3.07. The normalized spacial score (nSPS) is 17.6. The van der Waals surface area contributed by atoms with Crippen molar-refractivity contribution in [3.05, 3.63) is 36.1 Å². The number of hydrogen-bond acceptors (Lipinski definition) is 6. The highest BCUT2D eigenvalue weighted by molar-refractivity contribution is 7.55. The molecule has 0 atom stereocenters. The third-order valence-corrected chi connectivity index (χ3v) is 5.75. The van der Waals surface area contributed by atoms with Gasteiger partial charge in [-0.3, -0.25) is 14.6 Å². The van der Waals surface area contributed by atoms with Crippen molar-refractivity contribution in [2.75, 3.05) is 13.2 Å². The maximum Gasteiger partial charge on any atom is 0.357 e. The SMILES string of the molecule is CCOP(=O)(OCC)C(C)(C)N(O)/C=C1\C=CC=CC1=O. The predicted octanol–water partition coefficient (Wildman–Crippen LogP) is 3.26. The van der Waals surface area contributed by atoms with Crippen LogP contribution in [0.2, 0.25) is 0 Å². The molecular formula is C14H22NO5P. The third-order valence-electron chi connectivity index (χ3n) is 3.01. The van der Waals surface area contributed by atoms with Crippen molar-refractivity contribution >= 4 is 13.4 Å². The van der Waals surface area contributed by atoms with E-state index in [1.54, 1.807) is 32.1 Å². The molecule has 6 nitrogen and oxygen atoms in total. The number of nitrogens with zero attached hydrogens (tertiary/aromatic N) is 1. The fourth-order valence-electron chi connectivity index (χ4n) is 1.70. The van der Waals surface area contributed by atoms with Crippen molar-refractivity contribution in [2.45, 2.75) is 33.0 Å². The molecule has 0 radical (unpaired) electrons. The first-order valence-electron chi connectivity index (χ1n) is 6.76. The molecule has 0 unspecified atom stereocenters. The van der Waals surface area contributed by atoms with Crippen LogP contribution in [0.4, 0.5) is 0 Å². The van der Waals surface area contributed by atoms with E-state index in [1.165, 1.54) is 26.1 Å². The van der Waals surface area contributed by atoms with Gasteiger partial charge < -0.3 is 9.05 Å². The van der Waals surface area contributed by atoms with E-state index in [-0.39, 0.29) is 24.6 Å². The molecule has 0 heterocycles. The van der Waals surface area contributed by atoms with Crippen molar-refractivity contribution in [3.63, 3.8) is 0 Å². The Hall–Kier alpha value is -1.20. The molecular weight excluding hydrogens is 293 g/mol. The molecule has 0 bridgehead atoms. The fraction of sp³-hybridized carbons (Fsp3) is 0.500. The summed E-state index contributed by atoms with van der Waals surface area (Å²) in [5, 5.41) is 9.64. The topological polar surface area (TPSA) is 76.1 Å². The van der Waals surface area contributed by atoms with Gasteiger partial charge in [-0.05, 0) is 39.8 Å². The summed E-state index contributed by atoms with van der Waals surface area (Å²) in [6, 6.07) is 0. The summed E-state index contributed by atoms with van der Waals surface area (Å²) in [7, 11) is -3.59. The highest BCUT2D eigenvalue weighted by Gasteiger charge is 2.47. The summed E-state index contributed by atoms with van der Waals surface area (Å²) in [6.45, 7) is 6.83. The first kappa shape index (κ1) is 17.9. The van der Waals surface area contributed by atoms with Crippen molar-refractivity contribution in [1.29, 1.82) is 0 Å². The second kappa shape index (κ2) is 7.18. The van der Waals surface area contributed by atoms with E-state index in [0.29, 0.717) is 0 Å². The molecule has 0 spiro atoms. The van der Waals surface area contributed by atoms with Crippen molar-refractivity contribution < 1.29 is 23.6 Å². The zero-order chi connectivity index (χ0) is 16.1. The Morgan fingerprint density at radius 2 is 1.76 bits per heavy atom. The molecule has 21 heavy (non-hydrogen) atoms. The van der Waals surface area contributed by atoms with Crippen molar-refractivity contribution in [3.8, 4) is 0 Å². The number of hydrogen-bond donors (Lipinski definition) is 1. The van der Waals surface area contributed by atoms with Gasteiger partial charge in [-0.15, -0.1) is 0 Å². The minimum Gasteiger partial charge on any atom is -0.307 e. The second-order valence-electron chi connectivity index (χ2n) is 4.84. The maximum atomic E-state index is 12.8. The second-order valence-corrected chi connectivity index (χ2v) is 7.44. The monoisotopic (exact) mass is 315 g/mol. The molecule has 0 aromatic carbocycles. The van der Waals surface area contributed by atoms with E-state index in [0.717, 1.165) is 5.06 Å². The molecule has 0 aromatic rings. The first-order chi connectivity index (χ1) is 9.78.